The molecule has 0 saturated carbocycles. The fourth-order valence-electron chi connectivity index (χ4n) is 3.27. The Kier molecular flexibility index (Phi) is 9.57. The van der Waals surface area contributed by atoms with E-state index in [0.29, 0.717) is 24.9 Å². The van der Waals surface area contributed by atoms with Crippen molar-refractivity contribution in [2.45, 2.75) is 31.7 Å². The Morgan fingerprint density at radius 3 is 2.14 bits per heavy atom. The average Bonchev–Trinajstić information content (AvgIpc) is 2.91. The van der Waals surface area contributed by atoms with Crippen LogP contribution in [0, 0.1) is 0 Å². The zero-order chi connectivity index (χ0) is 24.9. The van der Waals surface area contributed by atoms with E-state index in [9.17, 15) is 14.4 Å². The molecule has 3 rings (SSSR count). The van der Waals surface area contributed by atoms with Gasteiger partial charge in [0.25, 0.3) is 5.91 Å². The number of aromatic nitrogens is 4. The second kappa shape index (κ2) is 13.3. The second-order valence-electron chi connectivity index (χ2n) is 7.45. The summed E-state index contributed by atoms with van der Waals surface area (Å²) in [4.78, 5) is 54.7. The van der Waals surface area contributed by atoms with Gasteiger partial charge in [0, 0.05) is 49.4 Å². The van der Waals surface area contributed by atoms with Gasteiger partial charge in [-0.3, -0.25) is 24.8 Å². The van der Waals surface area contributed by atoms with E-state index in [0.717, 1.165) is 0 Å². The number of carbonyl (C=O) groups excluding carboxylic acids is 3. The van der Waals surface area contributed by atoms with Gasteiger partial charge >= 0.3 is 6.03 Å². The summed E-state index contributed by atoms with van der Waals surface area (Å²) in [6, 6.07) is 7.87. The van der Waals surface area contributed by atoms with Gasteiger partial charge < -0.3 is 10.6 Å². The van der Waals surface area contributed by atoms with E-state index in [1.807, 2.05) is 6.07 Å². The molecule has 0 aliphatic rings. The first-order chi connectivity index (χ1) is 17.1. The Bertz CT molecular complexity index is 1050. The number of hydroxylamine groups is 1. The van der Waals surface area contributed by atoms with Crippen LogP contribution in [0.3, 0.4) is 0 Å². The molecule has 2 aromatic heterocycles. The fourth-order valence-corrected chi connectivity index (χ4v) is 3.27. The molecule has 0 aliphatic heterocycles. The van der Waals surface area contributed by atoms with Crippen LogP contribution in [0.5, 0.6) is 0 Å². The van der Waals surface area contributed by atoms with Crippen molar-refractivity contribution in [1.29, 1.82) is 0 Å². The van der Waals surface area contributed by atoms with Crippen molar-refractivity contribution < 1.29 is 19.6 Å². The summed E-state index contributed by atoms with van der Waals surface area (Å²) in [7, 11) is 0. The minimum atomic E-state index is -0.568. The SMILES string of the molecule is O=C(CCC(CCCNC(=O)c1ccccc1)NC(=O)N(c1cnccn1)c1cnccn1)NO. The van der Waals surface area contributed by atoms with Crippen molar-refractivity contribution in [3.05, 3.63) is 73.1 Å². The molecule has 2 heterocycles. The van der Waals surface area contributed by atoms with E-state index in [2.05, 4.69) is 30.6 Å². The molecule has 0 bridgehead atoms. The molecule has 182 valence electrons. The molecular weight excluding hydrogens is 452 g/mol. The molecule has 0 saturated heterocycles. The Balaban J connectivity index is 1.65. The minimum Gasteiger partial charge on any atom is -0.352 e. The van der Waals surface area contributed by atoms with Gasteiger partial charge in [0.1, 0.15) is 0 Å². The predicted molar refractivity (Wildman–Crippen MR) is 126 cm³/mol. The second-order valence-corrected chi connectivity index (χ2v) is 7.45. The third kappa shape index (κ3) is 7.82. The maximum Gasteiger partial charge on any atom is 0.329 e. The van der Waals surface area contributed by atoms with Gasteiger partial charge in [-0.25, -0.2) is 25.1 Å². The van der Waals surface area contributed by atoms with Crippen LogP contribution < -0.4 is 21.0 Å². The number of urea groups is 1. The van der Waals surface area contributed by atoms with Gasteiger partial charge in [-0.05, 0) is 31.4 Å². The van der Waals surface area contributed by atoms with Gasteiger partial charge in [0.2, 0.25) is 5.91 Å². The molecule has 1 aromatic carbocycles. The Hall–Kier alpha value is -4.45. The molecule has 0 radical (unpaired) electrons. The van der Waals surface area contributed by atoms with E-state index in [1.165, 1.54) is 42.1 Å². The van der Waals surface area contributed by atoms with Gasteiger partial charge in [0.05, 0.1) is 12.4 Å². The first-order valence-electron chi connectivity index (χ1n) is 11.0. The molecule has 3 aromatic rings. The van der Waals surface area contributed by atoms with Gasteiger partial charge in [0.15, 0.2) is 11.6 Å². The molecule has 4 amide bonds. The maximum absolute atomic E-state index is 13.3. The topological polar surface area (TPSA) is 162 Å². The quantitative estimate of drug-likeness (QED) is 0.185. The lowest BCUT2D eigenvalue weighted by Crippen LogP contribution is -2.44. The molecule has 0 fully saturated rings. The summed E-state index contributed by atoms with van der Waals surface area (Å²) in [6.07, 6.45) is 9.97. The highest BCUT2D eigenvalue weighted by molar-refractivity contribution is 5.97. The molecule has 35 heavy (non-hydrogen) atoms. The van der Waals surface area contributed by atoms with Crippen LogP contribution in [-0.2, 0) is 4.79 Å². The molecule has 0 aliphatic carbocycles. The zero-order valence-electron chi connectivity index (χ0n) is 18.9. The maximum atomic E-state index is 13.3. The predicted octanol–water partition coefficient (Wildman–Crippen LogP) is 1.98. The monoisotopic (exact) mass is 478 g/mol. The van der Waals surface area contributed by atoms with Crippen molar-refractivity contribution >= 4 is 29.5 Å². The number of hydrogen-bond donors (Lipinski definition) is 4. The van der Waals surface area contributed by atoms with Crippen LogP contribution in [0.15, 0.2) is 67.5 Å². The van der Waals surface area contributed by atoms with E-state index < -0.39 is 18.0 Å². The molecule has 4 N–H and O–H groups in total. The van der Waals surface area contributed by atoms with Crippen molar-refractivity contribution in [3.8, 4) is 0 Å². The highest BCUT2D eigenvalue weighted by Crippen LogP contribution is 2.20. The van der Waals surface area contributed by atoms with Crippen LogP contribution in [0.4, 0.5) is 16.4 Å². The van der Waals surface area contributed by atoms with E-state index >= 15 is 0 Å². The third-order valence-corrected chi connectivity index (χ3v) is 4.98. The first kappa shape index (κ1) is 25.2. The number of rotatable bonds is 11. The van der Waals surface area contributed by atoms with Crippen molar-refractivity contribution in [2.75, 3.05) is 11.4 Å². The molecule has 1 unspecified atom stereocenters. The van der Waals surface area contributed by atoms with Crippen LogP contribution in [0.2, 0.25) is 0 Å². The fraction of sp³-hybridized carbons (Fsp3) is 0.261. The van der Waals surface area contributed by atoms with Crippen molar-refractivity contribution in [1.82, 2.24) is 36.0 Å². The van der Waals surface area contributed by atoms with Gasteiger partial charge in [-0.2, -0.15) is 0 Å². The number of anilines is 2. The lowest BCUT2D eigenvalue weighted by molar-refractivity contribution is -0.129. The average molecular weight is 479 g/mol. The van der Waals surface area contributed by atoms with E-state index in [4.69, 9.17) is 5.21 Å². The summed E-state index contributed by atoms with van der Waals surface area (Å²) in [5.74, 6) is -0.274. The Morgan fingerprint density at radius 1 is 0.914 bits per heavy atom. The number of hydrogen-bond acceptors (Lipinski definition) is 8. The summed E-state index contributed by atoms with van der Waals surface area (Å²) < 4.78 is 0. The van der Waals surface area contributed by atoms with E-state index in [1.54, 1.807) is 29.7 Å². The summed E-state index contributed by atoms with van der Waals surface area (Å²) >= 11 is 0. The first-order valence-corrected chi connectivity index (χ1v) is 11.0. The molecule has 12 nitrogen and oxygen atoms in total. The van der Waals surface area contributed by atoms with Crippen LogP contribution in [-0.4, -0.2) is 55.6 Å². The number of benzene rings is 1. The zero-order valence-corrected chi connectivity index (χ0v) is 18.9. The van der Waals surface area contributed by atoms with Gasteiger partial charge in [-0.15, -0.1) is 0 Å². The van der Waals surface area contributed by atoms with Crippen molar-refractivity contribution in [3.63, 3.8) is 0 Å². The highest BCUT2D eigenvalue weighted by atomic mass is 16.5. The van der Waals surface area contributed by atoms with Gasteiger partial charge in [-0.1, -0.05) is 18.2 Å². The summed E-state index contributed by atoms with van der Waals surface area (Å²) in [5, 5.41) is 14.6. The Morgan fingerprint density at radius 2 is 1.57 bits per heavy atom. The highest BCUT2D eigenvalue weighted by Gasteiger charge is 2.24. The molecule has 12 heteroatoms. The van der Waals surface area contributed by atoms with Crippen LogP contribution in [0.25, 0.3) is 0 Å². The summed E-state index contributed by atoms with van der Waals surface area (Å²) in [5.41, 5.74) is 2.15. The number of nitrogens with one attached hydrogen (secondary N) is 3. The number of carbonyl (C=O) groups is 3. The largest absolute Gasteiger partial charge is 0.352 e. The molecule has 1 atom stereocenters. The van der Waals surface area contributed by atoms with E-state index in [-0.39, 0.29) is 30.4 Å². The third-order valence-electron chi connectivity index (χ3n) is 4.98. The van der Waals surface area contributed by atoms with Crippen LogP contribution >= 0.6 is 0 Å². The minimum absolute atomic E-state index is 0.00585. The van der Waals surface area contributed by atoms with Crippen LogP contribution in [0.1, 0.15) is 36.0 Å². The lowest BCUT2D eigenvalue weighted by Gasteiger charge is -2.25. The van der Waals surface area contributed by atoms with Crippen molar-refractivity contribution in [2.24, 2.45) is 0 Å². The molecule has 0 spiro atoms. The smallest absolute Gasteiger partial charge is 0.329 e. The normalized spacial score (nSPS) is 11.2. The number of nitrogens with zero attached hydrogens (tertiary/aromatic N) is 5. The Labute approximate surface area is 201 Å². The standard InChI is InChI=1S/C23H26N8O4/c32-21(30-35)9-8-18(7-4-10-28-22(33)17-5-2-1-3-6-17)29-23(34)31(19-15-24-11-13-26-19)20-16-25-12-14-27-20/h1-3,5-6,11-16,18,35H,4,7-10H2,(H,28,33)(H,29,34)(H,30,32). The molecular formula is C23H26N8O4. The summed E-state index contributed by atoms with van der Waals surface area (Å²) in [6.45, 7) is 0.379. The lowest BCUT2D eigenvalue weighted by atomic mass is 10.1. The number of amides is 4.